The lowest BCUT2D eigenvalue weighted by Gasteiger charge is -2.15. The molecule has 9 nitrogen and oxygen atoms in total. The van der Waals surface area contributed by atoms with Crippen LogP contribution in [0.15, 0.2) is 36.4 Å². The Hall–Kier alpha value is -3.66. The summed E-state index contributed by atoms with van der Waals surface area (Å²) in [5, 5.41) is 8.83. The van der Waals surface area contributed by atoms with Gasteiger partial charge in [-0.1, -0.05) is 6.92 Å². The van der Waals surface area contributed by atoms with E-state index in [0.717, 1.165) is 18.3 Å². The van der Waals surface area contributed by atoms with Crippen molar-refractivity contribution in [3.05, 3.63) is 69.8 Å². The van der Waals surface area contributed by atoms with Crippen LogP contribution in [0.3, 0.4) is 0 Å². The topological polar surface area (TPSA) is 100 Å². The predicted octanol–water partition coefficient (Wildman–Crippen LogP) is 7.42. The minimum Gasteiger partial charge on any atom is -0.442 e. The third-order valence-electron chi connectivity index (χ3n) is 6.37. The number of alkyl halides is 12. The van der Waals surface area contributed by atoms with Crippen molar-refractivity contribution in [3.8, 4) is 0 Å². The van der Waals surface area contributed by atoms with Gasteiger partial charge in [0.05, 0.1) is 43.1 Å². The van der Waals surface area contributed by atoms with Crippen LogP contribution in [0.5, 0.6) is 0 Å². The Morgan fingerprint density at radius 1 is 0.654 bits per heavy atom. The molecule has 0 atom stereocenters. The van der Waals surface area contributed by atoms with Crippen molar-refractivity contribution in [2.75, 3.05) is 48.1 Å². The van der Waals surface area contributed by atoms with E-state index in [2.05, 4.69) is 9.68 Å². The van der Waals surface area contributed by atoms with Gasteiger partial charge in [0, 0.05) is 39.3 Å². The summed E-state index contributed by atoms with van der Waals surface area (Å²) in [4.78, 5) is 31.0. The van der Waals surface area contributed by atoms with Gasteiger partial charge in [0.2, 0.25) is 5.91 Å². The maximum Gasteiger partial charge on any atom is 0.416 e. The fraction of sp³-hybridized carbons (Fsp3) is 0.548. The van der Waals surface area contributed by atoms with Gasteiger partial charge >= 0.3 is 24.7 Å². The zero-order chi connectivity index (χ0) is 40.5. The fourth-order valence-corrected chi connectivity index (χ4v) is 3.51. The Morgan fingerprint density at radius 3 is 1.25 bits per heavy atom. The van der Waals surface area contributed by atoms with E-state index >= 15 is 0 Å². The molecule has 298 valence electrons. The standard InChI is InChI=1S/C13H13F6NO3.C9H6F6O.C5H11NO2.C4H8O/c1-20(22-2)11(21)7-23-6-8-3-9(12(14,15)16)5-10(4-8)13(17,18)19;10-8(11,12)6-1-5(4-16)2-7(3-6)9(13,14)15;1-4-5(7)6(2)8-3;1-2-4-5-3-1/h3-5H,6-7H2,1-2H3;1-3,16H,4H2;4H2,1-3H3;1-4H2/p+1. The summed E-state index contributed by atoms with van der Waals surface area (Å²) in [6, 6.07) is 2.23. The molecule has 1 fully saturated rings. The van der Waals surface area contributed by atoms with E-state index in [0.29, 0.717) is 30.7 Å². The smallest absolute Gasteiger partial charge is 0.416 e. The molecular formula is C31H39F12N2O7+. The minimum atomic E-state index is -4.93. The van der Waals surface area contributed by atoms with Crippen LogP contribution in [0.1, 0.15) is 59.6 Å². The highest BCUT2D eigenvalue weighted by molar-refractivity contribution is 5.76. The lowest BCUT2D eigenvalue weighted by atomic mass is 10.1. The quantitative estimate of drug-likeness (QED) is 0.157. The molecule has 0 radical (unpaired) electrons. The number of likely N-dealkylation sites (N-methyl/N-ethyl adjacent to an activating group) is 1. The largest absolute Gasteiger partial charge is 0.442 e. The van der Waals surface area contributed by atoms with Crippen LogP contribution >= 0.6 is 0 Å². The number of benzene rings is 2. The number of ether oxygens (including phenoxy) is 2. The average Bonchev–Trinajstić information content (AvgIpc) is 3.66. The summed E-state index contributed by atoms with van der Waals surface area (Å²) in [5.74, 6) is -0.650. The van der Waals surface area contributed by atoms with Crippen molar-refractivity contribution in [3.63, 3.8) is 0 Å². The number of hydroxylamine groups is 4. The zero-order valence-electron chi connectivity index (χ0n) is 28.5. The average molecular weight is 780 g/mol. The number of rotatable bonds is 8. The summed E-state index contributed by atoms with van der Waals surface area (Å²) in [5.41, 5.74) is -6.31. The molecule has 0 bridgehead atoms. The van der Waals surface area contributed by atoms with Crippen molar-refractivity contribution in [1.82, 2.24) is 10.1 Å². The third-order valence-corrected chi connectivity index (χ3v) is 6.37. The van der Waals surface area contributed by atoms with Crippen molar-refractivity contribution < 1.29 is 86.5 Å². The van der Waals surface area contributed by atoms with Crippen LogP contribution in [-0.2, 0) is 66.7 Å². The van der Waals surface area contributed by atoms with E-state index in [1.807, 2.05) is 0 Å². The summed E-state index contributed by atoms with van der Waals surface area (Å²) >= 11 is 0. The van der Waals surface area contributed by atoms with Gasteiger partial charge in [-0.15, -0.1) is 0 Å². The highest BCUT2D eigenvalue weighted by Gasteiger charge is 2.38. The van der Waals surface area contributed by atoms with E-state index in [4.69, 9.17) is 14.6 Å². The van der Waals surface area contributed by atoms with E-state index in [9.17, 15) is 62.3 Å². The molecule has 2 amide bonds. The Bertz CT molecular complexity index is 1310. The monoisotopic (exact) mass is 779 g/mol. The molecule has 0 unspecified atom stereocenters. The molecular weight excluding hydrogens is 740 g/mol. The molecule has 1 aliphatic heterocycles. The van der Waals surface area contributed by atoms with Crippen molar-refractivity contribution in [2.24, 2.45) is 0 Å². The van der Waals surface area contributed by atoms with Crippen LogP contribution in [0.2, 0.25) is 0 Å². The van der Waals surface area contributed by atoms with E-state index in [1.54, 1.807) is 14.0 Å². The van der Waals surface area contributed by atoms with Gasteiger partial charge < -0.3 is 14.6 Å². The lowest BCUT2D eigenvalue weighted by Crippen LogP contribution is -2.29. The van der Waals surface area contributed by atoms with E-state index < -0.39 is 72.7 Å². The van der Waals surface area contributed by atoms with Crippen LogP contribution in [0, 0.1) is 0 Å². The van der Waals surface area contributed by atoms with Gasteiger partial charge in [0.1, 0.15) is 6.61 Å². The molecule has 52 heavy (non-hydrogen) atoms. The first kappa shape index (κ1) is 48.3. The molecule has 1 heterocycles. The maximum absolute atomic E-state index is 12.7. The lowest BCUT2D eigenvalue weighted by molar-refractivity contribution is -0.173. The van der Waals surface area contributed by atoms with Crippen LogP contribution in [0.4, 0.5) is 52.7 Å². The number of nitrogens with zero attached hydrogens (tertiary/aromatic N) is 2. The highest BCUT2D eigenvalue weighted by atomic mass is 19.4. The van der Waals surface area contributed by atoms with Crippen molar-refractivity contribution in [1.29, 1.82) is 0 Å². The first-order valence-electron chi connectivity index (χ1n) is 14.8. The van der Waals surface area contributed by atoms with Gasteiger partial charge in [-0.3, -0.25) is 19.3 Å². The van der Waals surface area contributed by atoms with Gasteiger partial charge in [0.15, 0.2) is 6.61 Å². The van der Waals surface area contributed by atoms with Crippen LogP contribution < -0.4 is 0 Å². The van der Waals surface area contributed by atoms with Gasteiger partial charge in [-0.05, 0) is 54.8 Å². The van der Waals surface area contributed by atoms with Gasteiger partial charge in [0.25, 0.3) is 5.91 Å². The Kier molecular flexibility index (Phi) is 20.2. The highest BCUT2D eigenvalue weighted by Crippen LogP contribution is 2.37. The van der Waals surface area contributed by atoms with Crippen LogP contribution in [-0.4, -0.2) is 75.2 Å². The minimum absolute atomic E-state index is 0.00694. The van der Waals surface area contributed by atoms with Crippen molar-refractivity contribution in [2.45, 2.75) is 64.1 Å². The first-order chi connectivity index (χ1) is 23.8. The molecule has 2 aromatic rings. The molecule has 0 spiro atoms. The maximum atomic E-state index is 12.7. The second-order valence-corrected chi connectivity index (χ2v) is 10.3. The fourth-order valence-electron chi connectivity index (χ4n) is 3.51. The molecule has 0 saturated carbocycles. The zero-order valence-corrected chi connectivity index (χ0v) is 28.5. The molecule has 1 saturated heterocycles. The third kappa shape index (κ3) is 18.7. The first-order valence-corrected chi connectivity index (χ1v) is 14.8. The van der Waals surface area contributed by atoms with E-state index in [1.165, 1.54) is 39.2 Å². The Labute approximate surface area is 290 Å². The number of hydrogen-bond donors (Lipinski definition) is 0. The van der Waals surface area contributed by atoms with Crippen LogP contribution in [0.25, 0.3) is 0 Å². The Balaban J connectivity index is 0.000000767. The second-order valence-electron chi connectivity index (χ2n) is 10.3. The molecule has 0 aromatic heterocycles. The summed E-state index contributed by atoms with van der Waals surface area (Å²) < 4.78 is 159. The number of hydrogen-bond acceptors (Lipinski definition) is 6. The predicted molar refractivity (Wildman–Crippen MR) is 160 cm³/mol. The Morgan fingerprint density at radius 2 is 1.00 bits per heavy atom. The van der Waals surface area contributed by atoms with Gasteiger partial charge in [-0.25, -0.2) is 10.1 Å². The van der Waals surface area contributed by atoms with Crippen molar-refractivity contribution >= 4 is 11.8 Å². The number of carbonyl (C=O) groups is 2. The molecule has 2 aromatic carbocycles. The molecule has 1 aliphatic rings. The summed E-state index contributed by atoms with van der Waals surface area (Å²) in [6.07, 6.45) is -16.5. The number of amides is 2. The molecule has 2 N–H and O–H groups in total. The van der Waals surface area contributed by atoms with E-state index in [-0.39, 0.29) is 29.2 Å². The summed E-state index contributed by atoms with van der Waals surface area (Å²) in [6.45, 7) is 2.02. The molecule has 3 rings (SSSR count). The molecule has 0 aliphatic carbocycles. The summed E-state index contributed by atoms with van der Waals surface area (Å²) in [7, 11) is 5.54. The SMILES string of the molecule is C1CCOC1.CCC(=O)N(C)OC.CON(C)C(=O)COCc1cc(C(F)(F)F)cc(C(F)(F)F)c1.[OH2+]Cc1cc(C(F)(F)F)cc(C(F)(F)F)c1. The number of halogens is 12. The normalized spacial score (nSPS) is 13.1. The van der Waals surface area contributed by atoms with Gasteiger partial charge in [-0.2, -0.15) is 52.7 Å². The number of carbonyl (C=O) groups excluding carboxylic acids is 2. The molecule has 21 heteroatoms. The second kappa shape index (κ2) is 21.8.